The number of morpholine rings is 2. The van der Waals surface area contributed by atoms with E-state index in [0.717, 1.165) is 23.3 Å². The molecule has 1 amide bonds. The number of rotatable bonds is 9. The van der Waals surface area contributed by atoms with Gasteiger partial charge in [-0.15, -0.1) is 12.1 Å². The predicted molar refractivity (Wildman–Crippen MR) is 221 cm³/mol. The molecule has 358 valence electrons. The van der Waals surface area contributed by atoms with Crippen molar-refractivity contribution in [3.05, 3.63) is 177 Å². The van der Waals surface area contributed by atoms with Crippen LogP contribution >= 0.6 is 0 Å². The smallest absolute Gasteiger partial charge is 1.00 e. The number of halogens is 12. The molecule has 0 aliphatic carbocycles. The molecule has 2 fully saturated rings. The van der Waals surface area contributed by atoms with Crippen molar-refractivity contribution in [2.75, 3.05) is 26.3 Å². The standard InChI is InChI=1S/C21H19F6NO3.C20H21F4NO2.C6H4F.BrH.Mg/c1-13(15-9-16(20(22,23)24)11-17(10-15)21(25,26)27)31-19-18(29)28(7-8-30-19)12-14-5-3-2-4-6-14;1-12-9-15(11-16(10-12)20(22,23)24)13(2)27-19-18(25-7-8-26-19)14-3-5-17(21)6-4-14;7-6-4-2-1-3-5-6;;/h2-6,9-11,13,19H,7-8,12H2,1H3;3-6,9-11,13,18-19,25H,7-8H2,1-2H3;2-5H;1H;/q;;-1;;+2/p-1/t;13?,18-,19?;;;/m.0.../s1. The van der Waals surface area contributed by atoms with Gasteiger partial charge in [0.1, 0.15) is 5.82 Å². The molecule has 0 saturated carbocycles. The Labute approximate surface area is 406 Å². The third-order valence-corrected chi connectivity index (χ3v) is 9.93. The summed E-state index contributed by atoms with van der Waals surface area (Å²) in [5.41, 5.74) is -1.39. The molecule has 0 spiro atoms. The molecule has 2 aliphatic rings. The Morgan fingerprint density at radius 2 is 1.22 bits per heavy atom. The van der Waals surface area contributed by atoms with Gasteiger partial charge in [0.05, 0.1) is 48.2 Å². The second kappa shape index (κ2) is 25.5. The van der Waals surface area contributed by atoms with Crippen molar-refractivity contribution in [1.82, 2.24) is 10.2 Å². The van der Waals surface area contributed by atoms with E-state index in [1.807, 2.05) is 30.3 Å². The fourth-order valence-corrected chi connectivity index (χ4v) is 6.64. The van der Waals surface area contributed by atoms with E-state index >= 15 is 0 Å². The van der Waals surface area contributed by atoms with E-state index < -0.39 is 65.9 Å². The monoisotopic (exact) mass is 1030 g/mol. The molecule has 4 unspecified atom stereocenters. The summed E-state index contributed by atoms with van der Waals surface area (Å²) in [5.74, 6) is -1.11. The summed E-state index contributed by atoms with van der Waals surface area (Å²) in [4.78, 5) is 14.1. The summed E-state index contributed by atoms with van der Waals surface area (Å²) in [5, 5.41) is 3.26. The average molecular weight is 1030 g/mol. The molecule has 2 heterocycles. The molecule has 5 atom stereocenters. The molecule has 7 nitrogen and oxygen atoms in total. The van der Waals surface area contributed by atoms with Crippen molar-refractivity contribution in [1.29, 1.82) is 0 Å². The van der Waals surface area contributed by atoms with Crippen LogP contribution in [-0.2, 0) is 48.8 Å². The number of carbonyl (C=O) groups excluding carboxylic acids is 1. The minimum absolute atomic E-state index is 0. The molecule has 67 heavy (non-hydrogen) atoms. The van der Waals surface area contributed by atoms with Crippen LogP contribution in [0.5, 0.6) is 0 Å². The van der Waals surface area contributed by atoms with Gasteiger partial charge in [-0.3, -0.25) is 4.79 Å². The normalized spacial score (nSPS) is 18.4. The number of amides is 1. The molecule has 0 radical (unpaired) electrons. The number of alkyl halides is 9. The zero-order valence-corrected chi connectivity index (χ0v) is 39.1. The maximum Gasteiger partial charge on any atom is 2.00 e. The van der Waals surface area contributed by atoms with Gasteiger partial charge in [0.15, 0.2) is 6.29 Å². The molecule has 1 N–H and O–H groups in total. The van der Waals surface area contributed by atoms with E-state index in [0.29, 0.717) is 36.4 Å². The van der Waals surface area contributed by atoms with Crippen LogP contribution in [0.2, 0.25) is 0 Å². The van der Waals surface area contributed by atoms with E-state index in [4.69, 9.17) is 18.9 Å². The van der Waals surface area contributed by atoms with E-state index in [-0.39, 0.29) is 89.0 Å². The summed E-state index contributed by atoms with van der Waals surface area (Å²) in [6.45, 7) is 6.26. The molecule has 0 bridgehead atoms. The first-order valence-electron chi connectivity index (χ1n) is 20.0. The van der Waals surface area contributed by atoms with Crippen molar-refractivity contribution >= 4 is 29.0 Å². The largest absolute Gasteiger partial charge is 2.00 e. The Morgan fingerprint density at radius 3 is 1.76 bits per heavy atom. The topological polar surface area (TPSA) is 69.3 Å². The maximum absolute atomic E-state index is 13.2. The third kappa shape index (κ3) is 17.4. The van der Waals surface area contributed by atoms with Crippen molar-refractivity contribution in [3.8, 4) is 0 Å². The van der Waals surface area contributed by atoms with Gasteiger partial charge in [0, 0.05) is 25.5 Å². The third-order valence-electron chi connectivity index (χ3n) is 9.93. The average Bonchev–Trinajstić information content (AvgIpc) is 3.25. The number of hydrogen-bond donors (Lipinski definition) is 1. The van der Waals surface area contributed by atoms with Crippen LogP contribution in [0.4, 0.5) is 48.3 Å². The molecular weight excluding hydrogens is 986 g/mol. The quantitative estimate of drug-likeness (QED) is 0.0911. The van der Waals surface area contributed by atoms with Crippen LogP contribution in [0.15, 0.2) is 115 Å². The van der Waals surface area contributed by atoms with Crippen LogP contribution in [-0.4, -0.2) is 72.7 Å². The SMILES string of the molecule is CC(OC1OCCN(Cc2ccccc2)C1=O)c1cc(C(F)(F)F)cc(C(F)(F)F)c1.Cc1cc(C(C)OC2OCCN[C@H]2c2ccc(F)cc2)cc(C(F)(F)F)c1.Fc1cc[c-]cc1.[Br-].[Mg+2]. The minimum Gasteiger partial charge on any atom is -1.00 e. The van der Waals surface area contributed by atoms with E-state index in [2.05, 4.69) is 11.4 Å². The van der Waals surface area contributed by atoms with Gasteiger partial charge < -0.3 is 46.1 Å². The number of hydrogen-bond acceptors (Lipinski definition) is 6. The van der Waals surface area contributed by atoms with Gasteiger partial charge >= 0.3 is 41.6 Å². The van der Waals surface area contributed by atoms with Crippen molar-refractivity contribution in [3.63, 3.8) is 0 Å². The fraction of sp³-hybridized carbons (Fsp3) is 0.340. The molecule has 5 aromatic carbocycles. The van der Waals surface area contributed by atoms with Crippen LogP contribution in [0, 0.1) is 24.6 Å². The number of carbonyl (C=O) groups is 1. The minimum atomic E-state index is -4.97. The first-order chi connectivity index (χ1) is 30.6. The maximum atomic E-state index is 13.2. The van der Waals surface area contributed by atoms with Crippen LogP contribution in [0.3, 0.4) is 0 Å². The number of nitrogens with zero attached hydrogens (tertiary/aromatic N) is 1. The Kier molecular flexibility index (Phi) is 21.7. The van der Waals surface area contributed by atoms with Gasteiger partial charge in [0.25, 0.3) is 5.91 Å². The molecule has 5 aromatic rings. The number of ether oxygens (including phenoxy) is 4. The summed E-state index contributed by atoms with van der Waals surface area (Å²) < 4.78 is 165. The molecule has 0 aromatic heterocycles. The molecule has 2 saturated heterocycles. The molecule has 2 aliphatic heterocycles. The summed E-state index contributed by atoms with van der Waals surface area (Å²) in [6, 6.07) is 28.3. The fourth-order valence-electron chi connectivity index (χ4n) is 6.64. The first kappa shape index (κ1) is 57.2. The summed E-state index contributed by atoms with van der Waals surface area (Å²) in [6.07, 6.45) is -18.4. The van der Waals surface area contributed by atoms with Gasteiger partial charge in [-0.2, -0.15) is 57.7 Å². The Bertz CT molecular complexity index is 2260. The van der Waals surface area contributed by atoms with E-state index in [1.54, 1.807) is 32.0 Å². The number of benzene rings is 5. The van der Waals surface area contributed by atoms with Gasteiger partial charge in [0.2, 0.25) is 6.29 Å². The van der Waals surface area contributed by atoms with Crippen molar-refractivity contribution in [2.24, 2.45) is 0 Å². The van der Waals surface area contributed by atoms with Gasteiger partial charge in [-0.1, -0.05) is 54.1 Å². The Balaban J connectivity index is 0.000000303. The summed E-state index contributed by atoms with van der Waals surface area (Å²) in [7, 11) is 0. The zero-order chi connectivity index (χ0) is 47.5. The van der Waals surface area contributed by atoms with E-state index in [9.17, 15) is 53.1 Å². The Hall–Kier alpha value is -4.15. The second-order valence-electron chi connectivity index (χ2n) is 14.9. The van der Waals surface area contributed by atoms with Crippen LogP contribution in [0.1, 0.15) is 76.6 Å². The number of nitrogens with one attached hydrogen (secondary N) is 1. The zero-order valence-electron chi connectivity index (χ0n) is 36.1. The van der Waals surface area contributed by atoms with Crippen LogP contribution < -0.4 is 22.3 Å². The molecule has 20 heteroatoms. The van der Waals surface area contributed by atoms with Gasteiger partial charge in [-0.05, 0) is 85.5 Å². The summed E-state index contributed by atoms with van der Waals surface area (Å²) >= 11 is 0. The van der Waals surface area contributed by atoms with E-state index in [1.165, 1.54) is 48.2 Å². The number of aryl methyl sites for hydroxylation is 1. The second-order valence-corrected chi connectivity index (χ2v) is 14.9. The first-order valence-corrected chi connectivity index (χ1v) is 20.0. The van der Waals surface area contributed by atoms with Gasteiger partial charge in [-0.25, -0.2) is 8.78 Å². The molecule has 7 rings (SSSR count). The van der Waals surface area contributed by atoms with Crippen LogP contribution in [0.25, 0.3) is 0 Å². The van der Waals surface area contributed by atoms with Crippen molar-refractivity contribution < 1.29 is 89.0 Å². The predicted octanol–water partition coefficient (Wildman–Crippen LogP) is 8.35. The Morgan fingerprint density at radius 1 is 0.701 bits per heavy atom. The van der Waals surface area contributed by atoms with Crippen molar-refractivity contribution in [2.45, 2.75) is 76.7 Å². The molecular formula is C47H44BrF11MgN2O5.